The molecule has 8 nitrogen and oxygen atoms in total. The lowest BCUT2D eigenvalue weighted by molar-refractivity contribution is 0.0214. The summed E-state index contributed by atoms with van der Waals surface area (Å²) < 4.78 is 33.4. The van der Waals surface area contributed by atoms with Crippen molar-refractivity contribution in [1.82, 2.24) is 15.0 Å². The second kappa shape index (κ2) is 8.32. The Kier molecular flexibility index (Phi) is 6.68. The number of nitrogens with one attached hydrogen (secondary N) is 2. The number of nitrogens with two attached hydrogens (primary N) is 1. The first-order chi connectivity index (χ1) is 9.15. The molecule has 0 radical (unpaired) electrons. The summed E-state index contributed by atoms with van der Waals surface area (Å²) in [5, 5.41) is 2.78. The van der Waals surface area contributed by atoms with Crippen LogP contribution in [0.1, 0.15) is 6.92 Å². The zero-order valence-corrected chi connectivity index (χ0v) is 10.4. The standard InChI is InChI=1S/C9H16F2N6O2/c1-2-19-9-15-7(14-8(16-9)17-12)13-3-4-18-5-6(10)11/h6H,2-5,12H2,1H3,(H2,13,14,15,16,17). The predicted molar refractivity (Wildman–Crippen MR) is 64.1 cm³/mol. The van der Waals surface area contributed by atoms with Crippen LogP contribution in [0.2, 0.25) is 0 Å². The fourth-order valence-electron chi connectivity index (χ4n) is 1.10. The van der Waals surface area contributed by atoms with E-state index in [-0.39, 0.29) is 31.1 Å². The molecule has 1 rings (SSSR count). The van der Waals surface area contributed by atoms with Gasteiger partial charge in [-0.05, 0) is 6.92 Å². The second-order valence-corrected chi connectivity index (χ2v) is 3.24. The van der Waals surface area contributed by atoms with Gasteiger partial charge >= 0.3 is 6.01 Å². The molecule has 0 atom stereocenters. The van der Waals surface area contributed by atoms with Crippen LogP contribution in [0.5, 0.6) is 6.01 Å². The smallest absolute Gasteiger partial charge is 0.323 e. The predicted octanol–water partition coefficient (Wildman–Crippen LogP) is 0.249. The molecule has 0 aliphatic carbocycles. The van der Waals surface area contributed by atoms with Crippen LogP contribution in [0.15, 0.2) is 0 Å². The summed E-state index contributed by atoms with van der Waals surface area (Å²) in [6.45, 7) is 1.95. The van der Waals surface area contributed by atoms with Crippen molar-refractivity contribution in [3.63, 3.8) is 0 Å². The first-order valence-electron chi connectivity index (χ1n) is 5.61. The maximum absolute atomic E-state index is 11.8. The van der Waals surface area contributed by atoms with E-state index in [2.05, 4.69) is 25.7 Å². The van der Waals surface area contributed by atoms with Crippen molar-refractivity contribution in [2.24, 2.45) is 5.84 Å². The number of aromatic nitrogens is 3. The van der Waals surface area contributed by atoms with Crippen LogP contribution in [0.3, 0.4) is 0 Å². The van der Waals surface area contributed by atoms with Crippen LogP contribution in [0.25, 0.3) is 0 Å². The molecule has 1 heterocycles. The molecule has 0 spiro atoms. The highest BCUT2D eigenvalue weighted by Crippen LogP contribution is 2.09. The summed E-state index contributed by atoms with van der Waals surface area (Å²) in [6.07, 6.45) is -2.48. The zero-order valence-electron chi connectivity index (χ0n) is 10.4. The Balaban J connectivity index is 2.45. The molecule has 0 amide bonds. The third kappa shape index (κ3) is 6.06. The Morgan fingerprint density at radius 1 is 1.26 bits per heavy atom. The van der Waals surface area contributed by atoms with Crippen LogP contribution in [-0.2, 0) is 4.74 Å². The van der Waals surface area contributed by atoms with Crippen LogP contribution >= 0.6 is 0 Å². The lowest BCUT2D eigenvalue weighted by Gasteiger charge is -2.08. The summed E-state index contributed by atoms with van der Waals surface area (Å²) >= 11 is 0. The van der Waals surface area contributed by atoms with E-state index in [0.717, 1.165) is 0 Å². The van der Waals surface area contributed by atoms with Gasteiger partial charge in [-0.15, -0.1) is 0 Å². The van der Waals surface area contributed by atoms with Gasteiger partial charge in [0.05, 0.1) is 13.2 Å². The Hall–Kier alpha value is -1.81. The number of hydrazine groups is 1. The molecule has 0 unspecified atom stereocenters. The SMILES string of the molecule is CCOc1nc(NN)nc(NCCOCC(F)F)n1. The van der Waals surface area contributed by atoms with Crippen molar-refractivity contribution in [3.8, 4) is 6.01 Å². The number of hydrogen-bond acceptors (Lipinski definition) is 8. The van der Waals surface area contributed by atoms with E-state index in [4.69, 9.17) is 15.3 Å². The number of alkyl halides is 2. The summed E-state index contributed by atoms with van der Waals surface area (Å²) in [5.74, 6) is 5.55. The minimum Gasteiger partial charge on any atom is -0.464 e. The number of anilines is 2. The lowest BCUT2D eigenvalue weighted by Crippen LogP contribution is -2.17. The van der Waals surface area contributed by atoms with E-state index in [1.54, 1.807) is 6.92 Å². The fourth-order valence-corrected chi connectivity index (χ4v) is 1.10. The van der Waals surface area contributed by atoms with E-state index in [1.807, 2.05) is 0 Å². The van der Waals surface area contributed by atoms with Gasteiger partial charge in [0.25, 0.3) is 6.43 Å². The van der Waals surface area contributed by atoms with Crippen LogP contribution in [-0.4, -0.2) is 47.7 Å². The van der Waals surface area contributed by atoms with Crippen LogP contribution < -0.4 is 21.3 Å². The second-order valence-electron chi connectivity index (χ2n) is 3.24. The third-order valence-electron chi connectivity index (χ3n) is 1.79. The van der Waals surface area contributed by atoms with Crippen molar-refractivity contribution in [3.05, 3.63) is 0 Å². The van der Waals surface area contributed by atoms with Gasteiger partial charge in [0, 0.05) is 6.54 Å². The first kappa shape index (κ1) is 15.2. The molecule has 0 saturated carbocycles. The van der Waals surface area contributed by atoms with Gasteiger partial charge in [0.15, 0.2) is 0 Å². The third-order valence-corrected chi connectivity index (χ3v) is 1.79. The number of ether oxygens (including phenoxy) is 2. The van der Waals surface area contributed by atoms with E-state index >= 15 is 0 Å². The molecular formula is C9H16F2N6O2. The normalized spacial score (nSPS) is 10.6. The summed E-state index contributed by atoms with van der Waals surface area (Å²) in [7, 11) is 0. The first-order valence-corrected chi connectivity index (χ1v) is 5.61. The molecule has 19 heavy (non-hydrogen) atoms. The maximum atomic E-state index is 11.8. The largest absolute Gasteiger partial charge is 0.464 e. The lowest BCUT2D eigenvalue weighted by atomic mass is 10.6. The monoisotopic (exact) mass is 278 g/mol. The summed E-state index contributed by atoms with van der Waals surface area (Å²) in [4.78, 5) is 11.7. The molecular weight excluding hydrogens is 262 g/mol. The Morgan fingerprint density at radius 2 is 2.00 bits per heavy atom. The molecule has 10 heteroatoms. The van der Waals surface area contributed by atoms with Gasteiger partial charge in [-0.2, -0.15) is 15.0 Å². The minimum absolute atomic E-state index is 0.103. The Morgan fingerprint density at radius 3 is 2.63 bits per heavy atom. The van der Waals surface area contributed by atoms with E-state index in [9.17, 15) is 8.78 Å². The highest BCUT2D eigenvalue weighted by Gasteiger charge is 2.06. The summed E-state index contributed by atoms with van der Waals surface area (Å²) in [5.41, 5.74) is 2.27. The van der Waals surface area contributed by atoms with Crippen molar-refractivity contribution in [2.45, 2.75) is 13.3 Å². The topological polar surface area (TPSA) is 107 Å². The van der Waals surface area contributed by atoms with Gasteiger partial charge in [0.2, 0.25) is 11.9 Å². The molecule has 1 aromatic heterocycles. The van der Waals surface area contributed by atoms with Crippen molar-refractivity contribution in [1.29, 1.82) is 0 Å². The highest BCUT2D eigenvalue weighted by molar-refractivity contribution is 5.34. The molecule has 0 aliphatic rings. The van der Waals surface area contributed by atoms with Crippen LogP contribution in [0, 0.1) is 0 Å². The molecule has 0 bridgehead atoms. The fraction of sp³-hybridized carbons (Fsp3) is 0.667. The van der Waals surface area contributed by atoms with E-state index in [0.29, 0.717) is 6.61 Å². The van der Waals surface area contributed by atoms with Crippen molar-refractivity contribution >= 4 is 11.9 Å². The summed E-state index contributed by atoms with van der Waals surface area (Å²) in [6, 6.07) is 0.112. The Bertz CT molecular complexity index is 382. The number of hydrogen-bond donors (Lipinski definition) is 3. The highest BCUT2D eigenvalue weighted by atomic mass is 19.3. The van der Waals surface area contributed by atoms with Crippen molar-refractivity contribution < 1.29 is 18.3 Å². The molecule has 1 aromatic rings. The van der Waals surface area contributed by atoms with E-state index < -0.39 is 13.0 Å². The van der Waals surface area contributed by atoms with Crippen molar-refractivity contribution in [2.75, 3.05) is 37.1 Å². The quantitative estimate of drug-likeness (QED) is 0.335. The molecule has 0 saturated heterocycles. The molecule has 0 aromatic carbocycles. The van der Waals surface area contributed by atoms with Gasteiger partial charge in [-0.3, -0.25) is 5.43 Å². The number of rotatable bonds is 9. The van der Waals surface area contributed by atoms with Gasteiger partial charge in [0.1, 0.15) is 6.61 Å². The van der Waals surface area contributed by atoms with Gasteiger partial charge in [-0.25, -0.2) is 14.6 Å². The van der Waals surface area contributed by atoms with Crippen LogP contribution in [0.4, 0.5) is 20.7 Å². The average Bonchev–Trinajstić information content (AvgIpc) is 2.38. The molecule has 0 aliphatic heterocycles. The maximum Gasteiger partial charge on any atom is 0.323 e. The Labute approximate surface area is 108 Å². The zero-order chi connectivity index (χ0) is 14.1. The number of nitrogens with zero attached hydrogens (tertiary/aromatic N) is 3. The van der Waals surface area contributed by atoms with E-state index in [1.165, 1.54) is 0 Å². The molecule has 0 fully saturated rings. The number of halogens is 2. The molecule has 108 valence electrons. The minimum atomic E-state index is -2.48. The number of nitrogen functional groups attached to an aromatic ring is 1. The van der Waals surface area contributed by atoms with Gasteiger partial charge in [-0.1, -0.05) is 0 Å². The average molecular weight is 278 g/mol. The van der Waals surface area contributed by atoms with Gasteiger partial charge < -0.3 is 14.8 Å². The molecule has 4 N–H and O–H groups in total.